The van der Waals surface area contributed by atoms with Crippen LogP contribution in [0.15, 0.2) is 10.7 Å². The maximum Gasteiger partial charge on any atom is 0.255 e. The monoisotopic (exact) mass is 218 g/mol. The molecular formula is C9H10N6O. The minimum Gasteiger partial charge on any atom is -0.420 e. The van der Waals surface area contributed by atoms with Crippen LogP contribution < -0.4 is 11.5 Å². The molecule has 4 N–H and O–H groups in total. The van der Waals surface area contributed by atoms with E-state index < -0.39 is 0 Å². The Labute approximate surface area is 90.9 Å². The highest BCUT2D eigenvalue weighted by molar-refractivity contribution is 5.76. The smallest absolute Gasteiger partial charge is 0.255 e. The van der Waals surface area contributed by atoms with E-state index in [4.69, 9.17) is 15.9 Å². The summed E-state index contributed by atoms with van der Waals surface area (Å²) in [6, 6.07) is 0. The van der Waals surface area contributed by atoms with Gasteiger partial charge in [-0.1, -0.05) is 0 Å². The number of anilines is 2. The standard InChI is InChI=1S/C9H10N6O/c10-6-5(7(11)13-3-12-6)9-15-14-8(16-9)4-1-2-4/h3-4H,1-2H2,(H4,10,11,12,13). The van der Waals surface area contributed by atoms with Gasteiger partial charge in [0.15, 0.2) is 0 Å². The molecule has 16 heavy (non-hydrogen) atoms. The van der Waals surface area contributed by atoms with Gasteiger partial charge in [-0.3, -0.25) is 0 Å². The van der Waals surface area contributed by atoms with E-state index in [1.54, 1.807) is 0 Å². The van der Waals surface area contributed by atoms with E-state index in [2.05, 4.69) is 20.2 Å². The SMILES string of the molecule is Nc1ncnc(N)c1-c1nnc(C2CC2)o1. The van der Waals surface area contributed by atoms with E-state index in [1.807, 2.05) is 0 Å². The second kappa shape index (κ2) is 3.16. The Kier molecular flexibility index (Phi) is 1.79. The second-order valence-electron chi connectivity index (χ2n) is 3.74. The first-order valence-corrected chi connectivity index (χ1v) is 4.95. The fourth-order valence-corrected chi connectivity index (χ4v) is 1.46. The molecule has 3 rings (SSSR count). The second-order valence-corrected chi connectivity index (χ2v) is 3.74. The first kappa shape index (κ1) is 9.08. The van der Waals surface area contributed by atoms with E-state index in [-0.39, 0.29) is 17.5 Å². The number of hydrogen-bond acceptors (Lipinski definition) is 7. The highest BCUT2D eigenvalue weighted by atomic mass is 16.4. The fourth-order valence-electron chi connectivity index (χ4n) is 1.46. The van der Waals surface area contributed by atoms with Crippen molar-refractivity contribution in [3.05, 3.63) is 12.2 Å². The minimum atomic E-state index is 0.249. The molecule has 82 valence electrons. The van der Waals surface area contributed by atoms with Gasteiger partial charge >= 0.3 is 0 Å². The van der Waals surface area contributed by atoms with E-state index in [0.29, 0.717) is 17.4 Å². The van der Waals surface area contributed by atoms with Crippen molar-refractivity contribution in [3.8, 4) is 11.5 Å². The molecule has 2 aromatic heterocycles. The van der Waals surface area contributed by atoms with Gasteiger partial charge in [-0.05, 0) is 12.8 Å². The lowest BCUT2D eigenvalue weighted by Gasteiger charge is -2.01. The lowest BCUT2D eigenvalue weighted by Crippen LogP contribution is -2.01. The van der Waals surface area contributed by atoms with Crippen LogP contribution in [0.2, 0.25) is 0 Å². The Morgan fingerprint density at radius 3 is 2.44 bits per heavy atom. The van der Waals surface area contributed by atoms with Crippen molar-refractivity contribution < 1.29 is 4.42 Å². The van der Waals surface area contributed by atoms with Crippen molar-refractivity contribution in [2.75, 3.05) is 11.5 Å². The zero-order valence-corrected chi connectivity index (χ0v) is 8.42. The number of nitrogens with two attached hydrogens (primary N) is 2. The lowest BCUT2D eigenvalue weighted by molar-refractivity contribution is 0.508. The summed E-state index contributed by atoms with van der Waals surface area (Å²) in [4.78, 5) is 7.69. The molecule has 0 saturated heterocycles. The first-order valence-electron chi connectivity index (χ1n) is 4.95. The molecule has 0 unspecified atom stereocenters. The summed E-state index contributed by atoms with van der Waals surface area (Å²) in [6.45, 7) is 0. The summed E-state index contributed by atoms with van der Waals surface area (Å²) in [5, 5.41) is 7.87. The van der Waals surface area contributed by atoms with E-state index >= 15 is 0 Å². The molecular weight excluding hydrogens is 208 g/mol. The molecule has 2 aromatic rings. The van der Waals surface area contributed by atoms with Gasteiger partial charge in [0.25, 0.3) is 5.89 Å². The molecule has 0 aliphatic heterocycles. The molecule has 0 bridgehead atoms. The molecule has 0 amide bonds. The number of nitrogens with zero attached hydrogens (tertiary/aromatic N) is 4. The largest absolute Gasteiger partial charge is 0.420 e. The van der Waals surface area contributed by atoms with Crippen LogP contribution >= 0.6 is 0 Å². The quantitative estimate of drug-likeness (QED) is 0.756. The van der Waals surface area contributed by atoms with Crippen LogP contribution in [0.25, 0.3) is 11.5 Å². The third-order valence-corrected chi connectivity index (χ3v) is 2.49. The van der Waals surface area contributed by atoms with Crippen molar-refractivity contribution in [2.45, 2.75) is 18.8 Å². The van der Waals surface area contributed by atoms with Crippen LogP contribution in [0.5, 0.6) is 0 Å². The number of hydrogen-bond donors (Lipinski definition) is 2. The summed E-state index contributed by atoms with van der Waals surface area (Å²) in [7, 11) is 0. The lowest BCUT2D eigenvalue weighted by atomic mass is 10.3. The average Bonchev–Trinajstić information content (AvgIpc) is 2.99. The van der Waals surface area contributed by atoms with E-state index in [9.17, 15) is 0 Å². The van der Waals surface area contributed by atoms with Gasteiger partial charge in [0, 0.05) is 5.92 Å². The molecule has 1 aliphatic carbocycles. The molecule has 1 aliphatic rings. The van der Waals surface area contributed by atoms with Gasteiger partial charge in [0.1, 0.15) is 23.5 Å². The van der Waals surface area contributed by atoms with Crippen molar-refractivity contribution >= 4 is 11.6 Å². The predicted octanol–water partition coefficient (Wildman–Crippen LogP) is 0.568. The van der Waals surface area contributed by atoms with Gasteiger partial charge in [0.05, 0.1) is 0 Å². The van der Waals surface area contributed by atoms with Gasteiger partial charge < -0.3 is 15.9 Å². The third-order valence-electron chi connectivity index (χ3n) is 2.49. The predicted molar refractivity (Wildman–Crippen MR) is 56.1 cm³/mol. The van der Waals surface area contributed by atoms with E-state index in [0.717, 1.165) is 12.8 Å². The Morgan fingerprint density at radius 2 is 1.81 bits per heavy atom. The van der Waals surface area contributed by atoms with Crippen molar-refractivity contribution in [1.82, 2.24) is 20.2 Å². The Bertz CT molecular complexity index is 512. The minimum absolute atomic E-state index is 0.249. The third kappa shape index (κ3) is 1.37. The molecule has 7 nitrogen and oxygen atoms in total. The van der Waals surface area contributed by atoms with Crippen LogP contribution in [0.4, 0.5) is 11.6 Å². The van der Waals surface area contributed by atoms with Crippen LogP contribution in [-0.2, 0) is 0 Å². The summed E-state index contributed by atoms with van der Waals surface area (Å²) in [6.07, 6.45) is 3.49. The van der Waals surface area contributed by atoms with Gasteiger partial charge in [-0.2, -0.15) is 0 Å². The fraction of sp³-hybridized carbons (Fsp3) is 0.333. The molecule has 0 aromatic carbocycles. The molecule has 0 radical (unpaired) electrons. The molecule has 7 heteroatoms. The van der Waals surface area contributed by atoms with Crippen LogP contribution in [0.1, 0.15) is 24.7 Å². The number of aromatic nitrogens is 4. The first-order chi connectivity index (χ1) is 7.75. The zero-order valence-electron chi connectivity index (χ0n) is 8.42. The Balaban J connectivity index is 2.06. The van der Waals surface area contributed by atoms with Crippen LogP contribution in [0.3, 0.4) is 0 Å². The summed E-state index contributed by atoms with van der Waals surface area (Å²) >= 11 is 0. The molecule has 2 heterocycles. The van der Waals surface area contributed by atoms with Gasteiger partial charge in [0.2, 0.25) is 5.89 Å². The van der Waals surface area contributed by atoms with Crippen molar-refractivity contribution in [3.63, 3.8) is 0 Å². The zero-order chi connectivity index (χ0) is 11.1. The maximum absolute atomic E-state index is 5.70. The van der Waals surface area contributed by atoms with Crippen LogP contribution in [0, 0.1) is 0 Å². The molecule has 1 fully saturated rings. The van der Waals surface area contributed by atoms with Gasteiger partial charge in [-0.15, -0.1) is 10.2 Å². The number of nitrogen functional groups attached to an aromatic ring is 2. The molecule has 1 saturated carbocycles. The number of rotatable bonds is 2. The highest BCUT2D eigenvalue weighted by Gasteiger charge is 2.30. The highest BCUT2D eigenvalue weighted by Crippen LogP contribution is 2.40. The molecule has 0 atom stereocenters. The molecule has 0 spiro atoms. The maximum atomic E-state index is 5.70. The summed E-state index contributed by atoms with van der Waals surface area (Å²) < 4.78 is 5.49. The van der Waals surface area contributed by atoms with Gasteiger partial charge in [-0.25, -0.2) is 9.97 Å². The summed E-state index contributed by atoms with van der Waals surface area (Å²) in [5.41, 5.74) is 11.8. The van der Waals surface area contributed by atoms with Crippen LogP contribution in [-0.4, -0.2) is 20.2 Å². The summed E-state index contributed by atoms with van der Waals surface area (Å²) in [5.74, 6) is 1.82. The average molecular weight is 218 g/mol. The Hall–Kier alpha value is -2.18. The Morgan fingerprint density at radius 1 is 1.12 bits per heavy atom. The topological polar surface area (TPSA) is 117 Å². The van der Waals surface area contributed by atoms with E-state index in [1.165, 1.54) is 6.33 Å². The normalized spacial score (nSPS) is 15.2. The van der Waals surface area contributed by atoms with Crippen molar-refractivity contribution in [2.24, 2.45) is 0 Å². The van der Waals surface area contributed by atoms with Crippen molar-refractivity contribution in [1.29, 1.82) is 0 Å².